The first-order valence-corrected chi connectivity index (χ1v) is 11.4. The Balaban J connectivity index is 1.33. The van der Waals surface area contributed by atoms with Gasteiger partial charge in [-0.25, -0.2) is 0 Å². The molecule has 1 amide bonds. The van der Waals surface area contributed by atoms with Gasteiger partial charge in [0.05, 0.1) is 0 Å². The van der Waals surface area contributed by atoms with Crippen molar-refractivity contribution in [3.05, 3.63) is 54.1 Å². The number of hydrogen-bond donors (Lipinski definition) is 1. The van der Waals surface area contributed by atoms with Gasteiger partial charge in [0.25, 0.3) is 10.0 Å². The molecule has 7 nitrogen and oxygen atoms in total. The predicted octanol–water partition coefficient (Wildman–Crippen LogP) is 3.43. The van der Waals surface area contributed by atoms with Crippen LogP contribution in [0.5, 0.6) is 5.75 Å². The van der Waals surface area contributed by atoms with Gasteiger partial charge < -0.3 is 15.0 Å². The second-order valence-corrected chi connectivity index (χ2v) is 9.14. The molecule has 0 aliphatic carbocycles. The van der Waals surface area contributed by atoms with Gasteiger partial charge in [-0.2, -0.15) is 21.6 Å². The first-order valence-electron chi connectivity index (χ1n) is 9.92. The number of halogens is 3. The van der Waals surface area contributed by atoms with Crippen molar-refractivity contribution in [3.63, 3.8) is 0 Å². The van der Waals surface area contributed by atoms with Crippen LogP contribution in [-0.4, -0.2) is 50.9 Å². The molecule has 2 aromatic carbocycles. The number of sulfonamides is 1. The van der Waals surface area contributed by atoms with E-state index in [0.717, 1.165) is 0 Å². The van der Waals surface area contributed by atoms with Crippen molar-refractivity contribution in [2.75, 3.05) is 25.0 Å². The largest absolute Gasteiger partial charge is 0.484 e. The number of ether oxygens (including phenoxy) is 1. The SMILES string of the molecule is O=C(Nc1ccc(OCC(F)(F)F)cc1)C1CCN(C2=NS(=O)(=O)c3ccccc32)CC1. The third-order valence-electron chi connectivity index (χ3n) is 5.30. The maximum atomic E-state index is 12.6. The normalized spacial score (nSPS) is 18.1. The summed E-state index contributed by atoms with van der Waals surface area (Å²) in [7, 11) is -3.70. The first-order chi connectivity index (χ1) is 15.1. The van der Waals surface area contributed by atoms with Crippen LogP contribution in [0.3, 0.4) is 0 Å². The summed E-state index contributed by atoms with van der Waals surface area (Å²) in [5.74, 6) is -0.00800. The smallest absolute Gasteiger partial charge is 0.422 e. The summed E-state index contributed by atoms with van der Waals surface area (Å²) in [6.45, 7) is -0.426. The number of anilines is 1. The molecule has 2 aliphatic rings. The minimum absolute atomic E-state index is 0.0567. The van der Waals surface area contributed by atoms with Crippen LogP contribution in [0.15, 0.2) is 57.8 Å². The van der Waals surface area contributed by atoms with Crippen molar-refractivity contribution in [2.45, 2.75) is 23.9 Å². The number of rotatable bonds is 4. The van der Waals surface area contributed by atoms with E-state index in [2.05, 4.69) is 14.5 Å². The summed E-state index contributed by atoms with van der Waals surface area (Å²) in [6.07, 6.45) is -3.39. The first kappa shape index (κ1) is 22.1. The molecule has 2 aromatic rings. The zero-order valence-corrected chi connectivity index (χ0v) is 17.6. The van der Waals surface area contributed by atoms with E-state index in [-0.39, 0.29) is 22.5 Å². The monoisotopic (exact) mass is 467 g/mol. The molecule has 4 rings (SSSR count). The van der Waals surface area contributed by atoms with E-state index in [1.807, 2.05) is 4.90 Å². The highest BCUT2D eigenvalue weighted by Gasteiger charge is 2.34. The lowest BCUT2D eigenvalue weighted by atomic mass is 9.95. The van der Waals surface area contributed by atoms with Gasteiger partial charge in [0, 0.05) is 30.3 Å². The van der Waals surface area contributed by atoms with Crippen molar-refractivity contribution in [1.29, 1.82) is 0 Å². The maximum absolute atomic E-state index is 12.6. The van der Waals surface area contributed by atoms with Crippen LogP contribution >= 0.6 is 0 Å². The Labute approximate surface area is 182 Å². The molecule has 0 aromatic heterocycles. The van der Waals surface area contributed by atoms with Crippen LogP contribution in [-0.2, 0) is 14.8 Å². The van der Waals surface area contributed by atoms with E-state index in [9.17, 15) is 26.4 Å². The number of nitrogens with zero attached hydrogens (tertiary/aromatic N) is 2. The molecular weight excluding hydrogens is 447 g/mol. The maximum Gasteiger partial charge on any atom is 0.422 e. The Morgan fingerprint density at radius 3 is 2.41 bits per heavy atom. The highest BCUT2D eigenvalue weighted by Crippen LogP contribution is 2.30. The van der Waals surface area contributed by atoms with Gasteiger partial charge in [-0.05, 0) is 49.2 Å². The number of carbonyl (C=O) groups is 1. The summed E-state index contributed by atoms with van der Waals surface area (Å²) in [5, 5.41) is 2.76. The molecule has 1 saturated heterocycles. The predicted molar refractivity (Wildman–Crippen MR) is 111 cm³/mol. The van der Waals surface area contributed by atoms with Gasteiger partial charge in [0.15, 0.2) is 12.4 Å². The third kappa shape index (κ3) is 4.87. The highest BCUT2D eigenvalue weighted by atomic mass is 32.2. The number of piperidine rings is 1. The Kier molecular flexibility index (Phi) is 5.85. The van der Waals surface area contributed by atoms with Gasteiger partial charge in [0.2, 0.25) is 5.91 Å². The van der Waals surface area contributed by atoms with Crippen molar-refractivity contribution in [2.24, 2.45) is 10.3 Å². The second-order valence-electron chi connectivity index (χ2n) is 7.56. The lowest BCUT2D eigenvalue weighted by molar-refractivity contribution is -0.153. The fraction of sp³-hybridized carbons (Fsp3) is 0.333. The van der Waals surface area contributed by atoms with Crippen LogP contribution in [0.2, 0.25) is 0 Å². The fourth-order valence-electron chi connectivity index (χ4n) is 3.71. The van der Waals surface area contributed by atoms with Crippen LogP contribution in [0.1, 0.15) is 18.4 Å². The Bertz CT molecular complexity index is 1140. The quantitative estimate of drug-likeness (QED) is 0.745. The summed E-state index contributed by atoms with van der Waals surface area (Å²) in [4.78, 5) is 14.7. The molecular formula is C21H20F3N3O4S. The van der Waals surface area contributed by atoms with Gasteiger partial charge in [0.1, 0.15) is 10.6 Å². The Morgan fingerprint density at radius 2 is 1.75 bits per heavy atom. The average Bonchev–Trinajstić information content (AvgIpc) is 3.04. The van der Waals surface area contributed by atoms with Crippen LogP contribution < -0.4 is 10.1 Å². The number of likely N-dealkylation sites (tertiary alicyclic amines) is 1. The molecule has 0 spiro atoms. The molecule has 11 heteroatoms. The Hall–Kier alpha value is -3.08. The molecule has 1 fully saturated rings. The van der Waals surface area contributed by atoms with E-state index in [0.29, 0.717) is 43.0 Å². The van der Waals surface area contributed by atoms with Gasteiger partial charge >= 0.3 is 6.18 Å². The summed E-state index contributed by atoms with van der Waals surface area (Å²) in [5.41, 5.74) is 1.03. The van der Waals surface area contributed by atoms with E-state index >= 15 is 0 Å². The number of hydrogen-bond acceptors (Lipinski definition) is 5. The molecule has 170 valence electrons. The van der Waals surface area contributed by atoms with Crippen LogP contribution in [0.25, 0.3) is 0 Å². The van der Waals surface area contributed by atoms with Gasteiger partial charge in [-0.3, -0.25) is 4.79 Å². The standard InChI is InChI=1S/C21H20F3N3O4S/c22-21(23,24)13-31-16-7-5-15(6-8-16)25-20(28)14-9-11-27(12-10-14)19-17-3-1-2-4-18(17)32(29,30)26-19/h1-8,14H,9-13H2,(H,25,28). The topological polar surface area (TPSA) is 88.1 Å². The highest BCUT2D eigenvalue weighted by molar-refractivity contribution is 7.90. The number of amidine groups is 1. The molecule has 2 aliphatic heterocycles. The minimum Gasteiger partial charge on any atom is -0.484 e. The van der Waals surface area contributed by atoms with Crippen molar-refractivity contribution in [3.8, 4) is 5.75 Å². The third-order valence-corrected chi connectivity index (χ3v) is 6.63. The molecule has 0 bridgehead atoms. The number of amides is 1. The molecule has 0 radical (unpaired) electrons. The van der Waals surface area contributed by atoms with Crippen molar-refractivity contribution in [1.82, 2.24) is 4.90 Å². The molecule has 1 N–H and O–H groups in total. The van der Waals surface area contributed by atoms with Gasteiger partial charge in [-0.15, -0.1) is 4.40 Å². The van der Waals surface area contributed by atoms with Crippen LogP contribution in [0, 0.1) is 5.92 Å². The Morgan fingerprint density at radius 1 is 1.09 bits per heavy atom. The van der Waals surface area contributed by atoms with Crippen molar-refractivity contribution < 1.29 is 31.1 Å². The molecule has 32 heavy (non-hydrogen) atoms. The van der Waals surface area contributed by atoms with Gasteiger partial charge in [-0.1, -0.05) is 12.1 Å². The lowest BCUT2D eigenvalue weighted by Crippen LogP contribution is -2.41. The second kappa shape index (κ2) is 8.45. The average molecular weight is 467 g/mol. The number of nitrogens with one attached hydrogen (secondary N) is 1. The summed E-state index contributed by atoms with van der Waals surface area (Å²) >= 11 is 0. The lowest BCUT2D eigenvalue weighted by Gasteiger charge is -2.32. The van der Waals surface area contributed by atoms with Crippen LogP contribution in [0.4, 0.5) is 18.9 Å². The van der Waals surface area contributed by atoms with Crippen molar-refractivity contribution >= 4 is 27.5 Å². The number of carbonyl (C=O) groups excluding carboxylic acids is 1. The molecule has 0 atom stereocenters. The molecule has 2 heterocycles. The number of alkyl halides is 3. The summed E-state index contributed by atoms with van der Waals surface area (Å²) < 4.78 is 69.7. The summed E-state index contributed by atoms with van der Waals surface area (Å²) in [6, 6.07) is 12.3. The van der Waals surface area contributed by atoms with E-state index in [1.165, 1.54) is 30.3 Å². The van der Waals surface area contributed by atoms with E-state index in [4.69, 9.17) is 0 Å². The zero-order chi connectivity index (χ0) is 22.9. The fourth-order valence-corrected chi connectivity index (χ4v) is 4.94. The number of benzene rings is 2. The minimum atomic E-state index is -4.42. The molecule has 0 saturated carbocycles. The molecule has 0 unspecified atom stereocenters. The number of fused-ring (bicyclic) bond motifs is 1. The van der Waals surface area contributed by atoms with E-state index in [1.54, 1.807) is 18.2 Å². The zero-order valence-electron chi connectivity index (χ0n) is 16.8. The van der Waals surface area contributed by atoms with E-state index < -0.39 is 22.8 Å².